The van der Waals surface area contributed by atoms with Gasteiger partial charge in [-0.1, -0.05) is 48.5 Å². The minimum absolute atomic E-state index is 0.110. The minimum atomic E-state index is -0.138. The second-order valence-electron chi connectivity index (χ2n) is 7.03. The molecule has 4 rings (SSSR count). The van der Waals surface area contributed by atoms with Gasteiger partial charge in [0.1, 0.15) is 0 Å². The van der Waals surface area contributed by atoms with E-state index < -0.39 is 0 Å². The molecule has 0 aliphatic rings. The van der Waals surface area contributed by atoms with Crippen molar-refractivity contribution in [2.45, 2.75) is 11.8 Å². The van der Waals surface area contributed by atoms with Gasteiger partial charge in [-0.15, -0.1) is 23.1 Å². The van der Waals surface area contributed by atoms with E-state index in [0.29, 0.717) is 16.4 Å². The number of nitrogens with zero attached hydrogens (tertiary/aromatic N) is 1. The van der Waals surface area contributed by atoms with Gasteiger partial charge in [-0.25, -0.2) is 4.98 Å². The summed E-state index contributed by atoms with van der Waals surface area (Å²) in [7, 11) is 0. The van der Waals surface area contributed by atoms with Crippen LogP contribution in [0.2, 0.25) is 0 Å². The molecule has 2 N–H and O–H groups in total. The summed E-state index contributed by atoms with van der Waals surface area (Å²) in [6.07, 6.45) is 0. The maximum atomic E-state index is 12.4. The molecule has 160 valence electrons. The van der Waals surface area contributed by atoms with Gasteiger partial charge in [0.15, 0.2) is 5.13 Å². The summed E-state index contributed by atoms with van der Waals surface area (Å²) < 4.78 is 0. The first-order valence-corrected chi connectivity index (χ1v) is 11.9. The lowest BCUT2D eigenvalue weighted by Crippen LogP contribution is -2.14. The fraction of sp³-hybridized carbons (Fsp3) is 0.0800. The van der Waals surface area contributed by atoms with Crippen LogP contribution in [-0.4, -0.2) is 22.6 Å². The van der Waals surface area contributed by atoms with E-state index in [1.165, 1.54) is 23.1 Å². The van der Waals surface area contributed by atoms with Crippen LogP contribution in [-0.2, 0) is 4.79 Å². The quantitative estimate of drug-likeness (QED) is 0.328. The Balaban J connectivity index is 1.28. The molecule has 0 unspecified atom stereocenters. The summed E-state index contributed by atoms with van der Waals surface area (Å²) in [6, 6.07) is 24.8. The molecule has 3 aromatic carbocycles. The molecule has 2 amide bonds. The van der Waals surface area contributed by atoms with E-state index in [1.807, 2.05) is 85.1 Å². The molecule has 1 heterocycles. The Morgan fingerprint density at radius 3 is 2.38 bits per heavy atom. The largest absolute Gasteiger partial charge is 0.322 e. The molecule has 0 saturated carbocycles. The van der Waals surface area contributed by atoms with Crippen LogP contribution in [0.4, 0.5) is 10.8 Å². The van der Waals surface area contributed by atoms with Gasteiger partial charge in [0.2, 0.25) is 5.91 Å². The average molecular weight is 460 g/mol. The van der Waals surface area contributed by atoms with Crippen LogP contribution in [0.15, 0.2) is 89.1 Å². The fourth-order valence-electron chi connectivity index (χ4n) is 3.04. The number of hydrogen-bond donors (Lipinski definition) is 2. The molecule has 7 heteroatoms. The number of hydrogen-bond acceptors (Lipinski definition) is 5. The van der Waals surface area contributed by atoms with Crippen molar-refractivity contribution in [2.24, 2.45) is 0 Å². The Morgan fingerprint density at radius 2 is 1.62 bits per heavy atom. The predicted molar refractivity (Wildman–Crippen MR) is 132 cm³/mol. The monoisotopic (exact) mass is 459 g/mol. The number of carbonyl (C=O) groups excluding carboxylic acids is 2. The van der Waals surface area contributed by atoms with E-state index in [2.05, 4.69) is 15.6 Å². The number of aromatic nitrogens is 1. The topological polar surface area (TPSA) is 71.1 Å². The molecule has 0 aliphatic heterocycles. The number of anilines is 2. The van der Waals surface area contributed by atoms with E-state index in [-0.39, 0.29) is 17.6 Å². The standard InChI is InChI=1S/C25H21N3O2S2/c1-17-7-5-6-10-21(17)24(30)26-19-11-13-20(14-12-19)31-16-23(29)28-25-27-22(15-32-25)18-8-3-2-4-9-18/h2-15H,16H2,1H3,(H,26,30)(H,27,28,29). The third-order valence-electron chi connectivity index (χ3n) is 4.69. The first-order valence-electron chi connectivity index (χ1n) is 9.99. The van der Waals surface area contributed by atoms with Crippen molar-refractivity contribution in [1.29, 1.82) is 0 Å². The van der Waals surface area contributed by atoms with Crippen LogP contribution < -0.4 is 10.6 Å². The van der Waals surface area contributed by atoms with Crippen LogP contribution in [0.5, 0.6) is 0 Å². The zero-order valence-electron chi connectivity index (χ0n) is 17.4. The highest BCUT2D eigenvalue weighted by molar-refractivity contribution is 8.00. The normalized spacial score (nSPS) is 10.5. The van der Waals surface area contributed by atoms with Gasteiger partial charge in [-0.3, -0.25) is 9.59 Å². The zero-order valence-corrected chi connectivity index (χ0v) is 19.0. The van der Waals surface area contributed by atoms with E-state index in [9.17, 15) is 9.59 Å². The highest BCUT2D eigenvalue weighted by Gasteiger charge is 2.10. The average Bonchev–Trinajstić information content (AvgIpc) is 3.28. The van der Waals surface area contributed by atoms with Gasteiger partial charge in [0, 0.05) is 27.1 Å². The maximum absolute atomic E-state index is 12.4. The third kappa shape index (κ3) is 5.63. The van der Waals surface area contributed by atoms with Crippen LogP contribution in [0, 0.1) is 6.92 Å². The Bertz CT molecular complexity index is 1220. The fourth-order valence-corrected chi connectivity index (χ4v) is 4.47. The number of benzene rings is 3. The summed E-state index contributed by atoms with van der Waals surface area (Å²) in [5, 5.41) is 8.28. The van der Waals surface area contributed by atoms with E-state index in [1.54, 1.807) is 6.07 Å². The van der Waals surface area contributed by atoms with Gasteiger partial charge in [0.25, 0.3) is 5.91 Å². The molecule has 0 radical (unpaired) electrons. The van der Waals surface area contributed by atoms with Gasteiger partial charge in [-0.2, -0.15) is 0 Å². The zero-order chi connectivity index (χ0) is 22.3. The van der Waals surface area contributed by atoms with Crippen molar-refractivity contribution in [3.8, 4) is 11.3 Å². The minimum Gasteiger partial charge on any atom is -0.322 e. The summed E-state index contributed by atoms with van der Waals surface area (Å²) in [6.45, 7) is 1.91. The number of aryl methyl sites for hydroxylation is 1. The molecule has 0 aliphatic carbocycles. The molecule has 0 spiro atoms. The summed E-state index contributed by atoms with van der Waals surface area (Å²) >= 11 is 2.84. The number of thiazole rings is 1. The van der Waals surface area contributed by atoms with E-state index in [4.69, 9.17) is 0 Å². The van der Waals surface area contributed by atoms with Crippen LogP contribution in [0.3, 0.4) is 0 Å². The van der Waals surface area contributed by atoms with E-state index >= 15 is 0 Å². The number of nitrogens with one attached hydrogen (secondary N) is 2. The molecule has 1 aromatic heterocycles. The molecule has 0 bridgehead atoms. The lowest BCUT2D eigenvalue weighted by Gasteiger charge is -2.08. The molecule has 0 atom stereocenters. The van der Waals surface area contributed by atoms with Crippen molar-refractivity contribution < 1.29 is 9.59 Å². The molecule has 4 aromatic rings. The third-order valence-corrected chi connectivity index (χ3v) is 6.46. The van der Waals surface area contributed by atoms with Crippen LogP contribution >= 0.6 is 23.1 Å². The molecular weight excluding hydrogens is 438 g/mol. The number of carbonyl (C=O) groups is 2. The smallest absolute Gasteiger partial charge is 0.255 e. The summed E-state index contributed by atoms with van der Waals surface area (Å²) in [4.78, 5) is 30.2. The lowest BCUT2D eigenvalue weighted by atomic mass is 10.1. The number of thioether (sulfide) groups is 1. The van der Waals surface area contributed by atoms with Crippen molar-refractivity contribution >= 4 is 45.7 Å². The molecule has 0 saturated heterocycles. The second-order valence-corrected chi connectivity index (χ2v) is 8.94. The molecule has 32 heavy (non-hydrogen) atoms. The highest BCUT2D eigenvalue weighted by Crippen LogP contribution is 2.25. The first-order chi connectivity index (χ1) is 15.6. The predicted octanol–water partition coefficient (Wildman–Crippen LogP) is 6.10. The first kappa shape index (κ1) is 21.8. The Kier molecular flexibility index (Phi) is 6.99. The molecule has 5 nitrogen and oxygen atoms in total. The van der Waals surface area contributed by atoms with Crippen molar-refractivity contribution in [2.75, 3.05) is 16.4 Å². The van der Waals surface area contributed by atoms with Crippen molar-refractivity contribution in [3.05, 3.63) is 95.4 Å². The van der Waals surface area contributed by atoms with Crippen molar-refractivity contribution in [3.63, 3.8) is 0 Å². The van der Waals surface area contributed by atoms with Crippen LogP contribution in [0.1, 0.15) is 15.9 Å². The number of rotatable bonds is 7. The lowest BCUT2D eigenvalue weighted by molar-refractivity contribution is -0.113. The molecule has 0 fully saturated rings. The van der Waals surface area contributed by atoms with Crippen molar-refractivity contribution in [1.82, 2.24) is 4.98 Å². The van der Waals surface area contributed by atoms with Gasteiger partial charge >= 0.3 is 0 Å². The number of amides is 2. The van der Waals surface area contributed by atoms with Crippen LogP contribution in [0.25, 0.3) is 11.3 Å². The Morgan fingerprint density at radius 1 is 0.906 bits per heavy atom. The van der Waals surface area contributed by atoms with Gasteiger partial charge < -0.3 is 10.6 Å². The second kappa shape index (κ2) is 10.3. The Labute approximate surface area is 194 Å². The van der Waals surface area contributed by atoms with Gasteiger partial charge in [0.05, 0.1) is 11.4 Å². The maximum Gasteiger partial charge on any atom is 0.255 e. The summed E-state index contributed by atoms with van der Waals surface area (Å²) in [5.74, 6) is 0.0249. The molecular formula is C25H21N3O2S2. The van der Waals surface area contributed by atoms with E-state index in [0.717, 1.165) is 21.7 Å². The van der Waals surface area contributed by atoms with Gasteiger partial charge in [-0.05, 0) is 42.8 Å². The Hall–Kier alpha value is -3.42. The highest BCUT2D eigenvalue weighted by atomic mass is 32.2. The SMILES string of the molecule is Cc1ccccc1C(=O)Nc1ccc(SCC(=O)Nc2nc(-c3ccccc3)cs2)cc1. The summed E-state index contributed by atoms with van der Waals surface area (Å²) in [5.41, 5.74) is 4.16.